The number of aryl methyl sites for hydroxylation is 1. The Bertz CT molecular complexity index is 764. The fourth-order valence-electron chi connectivity index (χ4n) is 1.96. The van der Waals surface area contributed by atoms with E-state index in [0.29, 0.717) is 18.8 Å². The third kappa shape index (κ3) is 4.18. The molecular formula is C17H16N2O2S2. The van der Waals surface area contributed by atoms with Crippen molar-refractivity contribution in [2.75, 3.05) is 13.2 Å². The second kappa shape index (κ2) is 7.39. The summed E-state index contributed by atoms with van der Waals surface area (Å²) >= 11 is 3.09. The lowest BCUT2D eigenvalue weighted by molar-refractivity contribution is 0.0943. The number of thiazole rings is 1. The number of nitrogens with one attached hydrogen (secondary N) is 1. The lowest BCUT2D eigenvalue weighted by atomic mass is 10.2. The third-order valence-corrected chi connectivity index (χ3v) is 4.76. The molecule has 0 aliphatic rings. The molecule has 6 heteroatoms. The van der Waals surface area contributed by atoms with Gasteiger partial charge in [-0.05, 0) is 30.5 Å². The Morgan fingerprint density at radius 3 is 2.78 bits per heavy atom. The van der Waals surface area contributed by atoms with Crippen LogP contribution in [0, 0.1) is 6.92 Å². The van der Waals surface area contributed by atoms with Gasteiger partial charge in [0, 0.05) is 16.3 Å². The number of thiophene rings is 1. The van der Waals surface area contributed by atoms with Gasteiger partial charge >= 0.3 is 0 Å². The topological polar surface area (TPSA) is 51.2 Å². The van der Waals surface area contributed by atoms with Crippen LogP contribution in [0.25, 0.3) is 10.6 Å². The molecular weight excluding hydrogens is 328 g/mol. The SMILES string of the molecule is Cc1ccc(OCCNC(=O)c2csc(-c3ccsc3)n2)cc1. The maximum atomic E-state index is 12.1. The molecule has 4 nitrogen and oxygen atoms in total. The van der Waals surface area contributed by atoms with E-state index < -0.39 is 0 Å². The monoisotopic (exact) mass is 344 g/mol. The highest BCUT2D eigenvalue weighted by Gasteiger charge is 2.11. The minimum Gasteiger partial charge on any atom is -0.492 e. The second-order valence-corrected chi connectivity index (χ2v) is 6.61. The number of carbonyl (C=O) groups excluding carboxylic acids is 1. The number of hydrogen-bond acceptors (Lipinski definition) is 5. The highest BCUT2D eigenvalue weighted by Crippen LogP contribution is 2.25. The van der Waals surface area contributed by atoms with Crippen molar-refractivity contribution >= 4 is 28.6 Å². The lowest BCUT2D eigenvalue weighted by Crippen LogP contribution is -2.28. The number of rotatable bonds is 6. The fraction of sp³-hybridized carbons (Fsp3) is 0.176. The molecule has 1 N–H and O–H groups in total. The van der Waals surface area contributed by atoms with Crippen LogP contribution in [-0.2, 0) is 0 Å². The smallest absolute Gasteiger partial charge is 0.270 e. The molecule has 3 rings (SSSR count). The molecule has 2 aromatic heterocycles. The van der Waals surface area contributed by atoms with Gasteiger partial charge in [-0.1, -0.05) is 17.7 Å². The molecule has 0 atom stereocenters. The van der Waals surface area contributed by atoms with E-state index in [-0.39, 0.29) is 5.91 Å². The van der Waals surface area contributed by atoms with Crippen LogP contribution in [0.4, 0.5) is 0 Å². The zero-order chi connectivity index (χ0) is 16.1. The molecule has 3 aromatic rings. The van der Waals surface area contributed by atoms with Gasteiger partial charge in [-0.15, -0.1) is 11.3 Å². The highest BCUT2D eigenvalue weighted by molar-refractivity contribution is 7.14. The summed E-state index contributed by atoms with van der Waals surface area (Å²) in [5.74, 6) is 0.633. The van der Waals surface area contributed by atoms with Crippen LogP contribution in [0.5, 0.6) is 5.75 Å². The highest BCUT2D eigenvalue weighted by atomic mass is 32.1. The van der Waals surface area contributed by atoms with Crippen LogP contribution >= 0.6 is 22.7 Å². The van der Waals surface area contributed by atoms with E-state index in [1.807, 2.05) is 48.0 Å². The molecule has 0 aliphatic heterocycles. The number of amides is 1. The first-order chi connectivity index (χ1) is 11.2. The first-order valence-electron chi connectivity index (χ1n) is 7.18. The van der Waals surface area contributed by atoms with Crippen LogP contribution in [-0.4, -0.2) is 24.0 Å². The molecule has 0 bridgehead atoms. The molecule has 23 heavy (non-hydrogen) atoms. The maximum absolute atomic E-state index is 12.1. The van der Waals surface area contributed by atoms with E-state index >= 15 is 0 Å². The van der Waals surface area contributed by atoms with Crippen LogP contribution in [0.3, 0.4) is 0 Å². The van der Waals surface area contributed by atoms with Gasteiger partial charge in [0.25, 0.3) is 5.91 Å². The predicted octanol–water partition coefficient (Wildman–Crippen LogP) is 3.99. The Balaban J connectivity index is 1.47. The van der Waals surface area contributed by atoms with Crippen molar-refractivity contribution < 1.29 is 9.53 Å². The summed E-state index contributed by atoms with van der Waals surface area (Å²) in [4.78, 5) is 16.4. The molecule has 1 aromatic carbocycles. The van der Waals surface area contributed by atoms with Crippen LogP contribution < -0.4 is 10.1 Å². The van der Waals surface area contributed by atoms with E-state index in [2.05, 4.69) is 10.3 Å². The van der Waals surface area contributed by atoms with Crippen molar-refractivity contribution in [3.8, 4) is 16.3 Å². The number of carbonyl (C=O) groups is 1. The van der Waals surface area contributed by atoms with Gasteiger partial charge in [0.1, 0.15) is 23.1 Å². The van der Waals surface area contributed by atoms with E-state index in [9.17, 15) is 4.79 Å². The first-order valence-corrected chi connectivity index (χ1v) is 9.00. The minimum absolute atomic E-state index is 0.171. The Morgan fingerprint density at radius 1 is 1.22 bits per heavy atom. The Labute approximate surface area is 142 Å². The zero-order valence-electron chi connectivity index (χ0n) is 12.6. The molecule has 0 spiro atoms. The Morgan fingerprint density at radius 2 is 2.04 bits per heavy atom. The van der Waals surface area contributed by atoms with Gasteiger partial charge < -0.3 is 10.1 Å². The average molecular weight is 344 g/mol. The van der Waals surface area contributed by atoms with Crippen molar-refractivity contribution in [1.82, 2.24) is 10.3 Å². The number of ether oxygens (including phenoxy) is 1. The van der Waals surface area contributed by atoms with Crippen LogP contribution in [0.1, 0.15) is 16.1 Å². The molecule has 0 aliphatic carbocycles. The predicted molar refractivity (Wildman–Crippen MR) is 94.4 cm³/mol. The minimum atomic E-state index is -0.171. The number of hydrogen-bond donors (Lipinski definition) is 1. The normalized spacial score (nSPS) is 10.5. The Hall–Kier alpha value is -2.18. The first kappa shape index (κ1) is 15.7. The van der Waals surface area contributed by atoms with Crippen molar-refractivity contribution in [3.63, 3.8) is 0 Å². The average Bonchev–Trinajstić information content (AvgIpc) is 3.23. The molecule has 0 fully saturated rings. The summed E-state index contributed by atoms with van der Waals surface area (Å²) in [6.45, 7) is 2.90. The molecule has 118 valence electrons. The van der Waals surface area contributed by atoms with Gasteiger partial charge in [-0.2, -0.15) is 11.3 Å². The molecule has 2 heterocycles. The van der Waals surface area contributed by atoms with Gasteiger partial charge in [-0.25, -0.2) is 4.98 Å². The summed E-state index contributed by atoms with van der Waals surface area (Å²) in [5.41, 5.74) is 2.70. The van der Waals surface area contributed by atoms with E-state index in [0.717, 1.165) is 16.3 Å². The van der Waals surface area contributed by atoms with Gasteiger partial charge in [0.2, 0.25) is 0 Å². The van der Waals surface area contributed by atoms with E-state index in [4.69, 9.17) is 4.74 Å². The summed E-state index contributed by atoms with van der Waals surface area (Å²) in [6, 6.07) is 9.83. The molecule has 0 unspecified atom stereocenters. The van der Waals surface area contributed by atoms with E-state index in [1.54, 1.807) is 16.7 Å². The Kier molecular flexibility index (Phi) is 5.05. The van der Waals surface area contributed by atoms with Crippen molar-refractivity contribution in [3.05, 3.63) is 57.7 Å². The summed E-state index contributed by atoms with van der Waals surface area (Å²) in [5, 5.41) is 9.49. The summed E-state index contributed by atoms with van der Waals surface area (Å²) in [7, 11) is 0. The molecule has 0 saturated carbocycles. The maximum Gasteiger partial charge on any atom is 0.270 e. The van der Waals surface area contributed by atoms with Crippen LogP contribution in [0.15, 0.2) is 46.5 Å². The summed E-state index contributed by atoms with van der Waals surface area (Å²) in [6.07, 6.45) is 0. The third-order valence-electron chi connectivity index (χ3n) is 3.18. The van der Waals surface area contributed by atoms with Crippen molar-refractivity contribution in [2.24, 2.45) is 0 Å². The second-order valence-electron chi connectivity index (χ2n) is 4.97. The van der Waals surface area contributed by atoms with E-state index in [1.165, 1.54) is 16.9 Å². The zero-order valence-corrected chi connectivity index (χ0v) is 14.2. The number of aromatic nitrogens is 1. The molecule has 1 amide bonds. The van der Waals surface area contributed by atoms with Crippen LogP contribution in [0.2, 0.25) is 0 Å². The van der Waals surface area contributed by atoms with Gasteiger partial charge in [-0.3, -0.25) is 4.79 Å². The standard InChI is InChI=1S/C17H16N2O2S2/c1-12-2-4-14(5-3-12)21-8-7-18-16(20)15-11-23-17(19-15)13-6-9-22-10-13/h2-6,9-11H,7-8H2,1H3,(H,18,20). The van der Waals surface area contributed by atoms with Gasteiger partial charge in [0.15, 0.2) is 0 Å². The molecule has 0 radical (unpaired) electrons. The lowest BCUT2D eigenvalue weighted by Gasteiger charge is -2.07. The fourth-order valence-corrected chi connectivity index (χ4v) is 3.47. The van der Waals surface area contributed by atoms with Gasteiger partial charge in [0.05, 0.1) is 6.54 Å². The largest absolute Gasteiger partial charge is 0.492 e. The number of nitrogens with zero attached hydrogens (tertiary/aromatic N) is 1. The quantitative estimate of drug-likeness (QED) is 0.688. The van der Waals surface area contributed by atoms with Crippen molar-refractivity contribution in [1.29, 1.82) is 0 Å². The molecule has 0 saturated heterocycles. The number of benzene rings is 1. The summed E-state index contributed by atoms with van der Waals surface area (Å²) < 4.78 is 5.58. The van der Waals surface area contributed by atoms with Crippen molar-refractivity contribution in [2.45, 2.75) is 6.92 Å².